The van der Waals surface area contributed by atoms with Gasteiger partial charge >= 0.3 is 18.3 Å². The quantitative estimate of drug-likeness (QED) is 0.685. The van der Waals surface area contributed by atoms with Crippen LogP contribution in [-0.2, 0) is 28.3 Å². The first-order valence-corrected chi connectivity index (χ1v) is 5.62. The summed E-state index contributed by atoms with van der Waals surface area (Å²) >= 11 is 0. The normalized spacial score (nSPS) is 12.3. The van der Waals surface area contributed by atoms with Crippen LogP contribution in [0.25, 0.3) is 0 Å². The lowest BCUT2D eigenvalue weighted by molar-refractivity contribution is -0.163. The summed E-state index contributed by atoms with van der Waals surface area (Å²) in [5.74, 6) is -2.14. The third-order valence-corrected chi connectivity index (χ3v) is 2.43. The summed E-state index contributed by atoms with van der Waals surface area (Å²) in [6, 6.07) is 0.437. The van der Waals surface area contributed by atoms with Crippen LogP contribution in [0.2, 0.25) is 0 Å². The molecular formula is C12H10F6O3. The number of carbonyl (C=O) groups excluding carboxylic acids is 1. The summed E-state index contributed by atoms with van der Waals surface area (Å²) in [5, 5.41) is 9.17. The summed E-state index contributed by atoms with van der Waals surface area (Å²) in [6.07, 6.45) is -11.7. The molecule has 1 aromatic carbocycles. The average Bonchev–Trinajstić information content (AvgIpc) is 2.25. The van der Waals surface area contributed by atoms with Crippen molar-refractivity contribution >= 4 is 5.97 Å². The number of esters is 1. The first kappa shape index (κ1) is 17.1. The number of rotatable bonds is 3. The van der Waals surface area contributed by atoms with Gasteiger partial charge in [-0.05, 0) is 24.6 Å². The largest absolute Gasteiger partial charge is 0.508 e. The van der Waals surface area contributed by atoms with Crippen LogP contribution in [0.15, 0.2) is 12.1 Å². The molecule has 0 aliphatic heterocycles. The first-order chi connectivity index (χ1) is 9.46. The lowest BCUT2D eigenvalue weighted by Crippen LogP contribution is -2.21. The molecule has 0 unspecified atom stereocenters. The number of aromatic hydroxyl groups is 1. The Kier molecular flexibility index (Phi) is 4.75. The van der Waals surface area contributed by atoms with Crippen LogP contribution in [0.1, 0.15) is 23.6 Å². The van der Waals surface area contributed by atoms with Gasteiger partial charge in [0.1, 0.15) is 5.75 Å². The second-order valence-corrected chi connectivity index (χ2v) is 4.00. The van der Waals surface area contributed by atoms with Gasteiger partial charge in [-0.15, -0.1) is 0 Å². The second-order valence-electron chi connectivity index (χ2n) is 4.00. The van der Waals surface area contributed by atoms with Crippen LogP contribution in [0.4, 0.5) is 26.3 Å². The Morgan fingerprint density at radius 1 is 1.14 bits per heavy atom. The molecule has 0 amide bonds. The van der Waals surface area contributed by atoms with Gasteiger partial charge in [0.15, 0.2) is 0 Å². The molecule has 9 heteroatoms. The SMILES string of the molecule is CCOC(=O)Cc1cc(O)cc(C(F)(F)F)c1C(F)(F)F. The number of hydrogen-bond acceptors (Lipinski definition) is 3. The van der Waals surface area contributed by atoms with E-state index in [1.54, 1.807) is 0 Å². The minimum Gasteiger partial charge on any atom is -0.508 e. The fourth-order valence-corrected chi connectivity index (χ4v) is 1.75. The smallest absolute Gasteiger partial charge is 0.417 e. The number of hydrogen-bond donors (Lipinski definition) is 1. The summed E-state index contributed by atoms with van der Waals surface area (Å²) < 4.78 is 81.1. The van der Waals surface area contributed by atoms with Crippen molar-refractivity contribution in [3.05, 3.63) is 28.8 Å². The van der Waals surface area contributed by atoms with E-state index in [1.807, 2.05) is 0 Å². The van der Waals surface area contributed by atoms with Gasteiger partial charge in [-0.1, -0.05) is 0 Å². The predicted molar refractivity (Wildman–Crippen MR) is 58.4 cm³/mol. The van der Waals surface area contributed by atoms with Gasteiger partial charge in [-0.3, -0.25) is 4.79 Å². The van der Waals surface area contributed by atoms with Gasteiger partial charge in [-0.25, -0.2) is 0 Å². The van der Waals surface area contributed by atoms with Crippen molar-refractivity contribution in [2.75, 3.05) is 6.61 Å². The van der Waals surface area contributed by atoms with Crippen molar-refractivity contribution in [3.8, 4) is 5.75 Å². The summed E-state index contributed by atoms with van der Waals surface area (Å²) in [4.78, 5) is 11.2. The zero-order chi connectivity index (χ0) is 16.4. The highest BCUT2D eigenvalue weighted by Crippen LogP contribution is 2.43. The van der Waals surface area contributed by atoms with Crippen molar-refractivity contribution in [3.63, 3.8) is 0 Å². The predicted octanol–water partition coefficient (Wildman–Crippen LogP) is 3.54. The third kappa shape index (κ3) is 4.27. The Morgan fingerprint density at radius 3 is 2.14 bits per heavy atom. The molecule has 0 aliphatic rings. The molecule has 0 bridgehead atoms. The molecule has 21 heavy (non-hydrogen) atoms. The monoisotopic (exact) mass is 316 g/mol. The van der Waals surface area contributed by atoms with Crippen LogP contribution in [0.3, 0.4) is 0 Å². The minimum absolute atomic E-state index is 0.0303. The maximum Gasteiger partial charge on any atom is 0.417 e. The third-order valence-electron chi connectivity index (χ3n) is 2.43. The molecule has 0 saturated carbocycles. The summed E-state index contributed by atoms with van der Waals surface area (Å²) in [7, 11) is 0. The highest BCUT2D eigenvalue weighted by Gasteiger charge is 2.45. The molecule has 0 saturated heterocycles. The van der Waals surface area contributed by atoms with Crippen molar-refractivity contribution in [1.82, 2.24) is 0 Å². The summed E-state index contributed by atoms with van der Waals surface area (Å²) in [6.45, 7) is 1.26. The van der Waals surface area contributed by atoms with E-state index < -0.39 is 47.2 Å². The van der Waals surface area contributed by atoms with Crippen LogP contribution in [-0.4, -0.2) is 17.7 Å². The Labute approximate surface area is 115 Å². The zero-order valence-corrected chi connectivity index (χ0v) is 10.6. The summed E-state index contributed by atoms with van der Waals surface area (Å²) in [5.41, 5.74) is -5.04. The fraction of sp³-hybridized carbons (Fsp3) is 0.417. The Balaban J connectivity index is 3.48. The Bertz CT molecular complexity index is 533. The number of phenolic OH excluding ortho intramolecular Hbond substituents is 1. The number of benzene rings is 1. The van der Waals surface area contributed by atoms with Crippen molar-refractivity contribution in [1.29, 1.82) is 0 Å². The van der Waals surface area contributed by atoms with Gasteiger partial charge in [-0.2, -0.15) is 26.3 Å². The molecule has 1 rings (SSSR count). The number of carbonyl (C=O) groups is 1. The maximum atomic E-state index is 12.9. The van der Waals surface area contributed by atoms with Crippen LogP contribution >= 0.6 is 0 Å². The van der Waals surface area contributed by atoms with E-state index in [2.05, 4.69) is 4.74 Å². The highest BCUT2D eigenvalue weighted by molar-refractivity contribution is 5.73. The molecular weight excluding hydrogens is 306 g/mol. The van der Waals surface area contributed by atoms with Crippen LogP contribution < -0.4 is 0 Å². The molecule has 3 nitrogen and oxygen atoms in total. The lowest BCUT2D eigenvalue weighted by Gasteiger charge is -2.19. The van der Waals surface area contributed by atoms with Crippen molar-refractivity contribution < 1.29 is 41.0 Å². The van der Waals surface area contributed by atoms with Crippen LogP contribution in [0.5, 0.6) is 5.75 Å². The van der Waals surface area contributed by atoms with Crippen LogP contribution in [0, 0.1) is 0 Å². The second kappa shape index (κ2) is 5.82. The van der Waals surface area contributed by atoms with Crippen molar-refractivity contribution in [2.45, 2.75) is 25.7 Å². The molecule has 0 atom stereocenters. The molecule has 118 valence electrons. The maximum absolute atomic E-state index is 12.9. The van der Waals surface area contributed by atoms with E-state index in [0.717, 1.165) is 0 Å². The van der Waals surface area contributed by atoms with E-state index in [1.165, 1.54) is 6.92 Å². The minimum atomic E-state index is -5.33. The van der Waals surface area contributed by atoms with Crippen molar-refractivity contribution in [2.24, 2.45) is 0 Å². The van der Waals surface area contributed by atoms with E-state index in [-0.39, 0.29) is 12.7 Å². The topological polar surface area (TPSA) is 46.5 Å². The highest BCUT2D eigenvalue weighted by atomic mass is 19.4. The van der Waals surface area contributed by atoms with Gasteiger partial charge in [0.25, 0.3) is 0 Å². The fourth-order valence-electron chi connectivity index (χ4n) is 1.75. The van der Waals surface area contributed by atoms with E-state index in [0.29, 0.717) is 6.07 Å². The lowest BCUT2D eigenvalue weighted by atomic mass is 9.97. The Hall–Kier alpha value is -1.93. The molecule has 0 aromatic heterocycles. The first-order valence-electron chi connectivity index (χ1n) is 5.62. The standard InChI is InChI=1S/C12H10F6O3/c1-2-21-9(20)4-6-3-7(19)5-8(11(13,14)15)10(6)12(16,17)18/h3,5,19H,2,4H2,1H3. The molecule has 1 aromatic rings. The van der Waals surface area contributed by atoms with Gasteiger partial charge < -0.3 is 9.84 Å². The number of phenols is 1. The zero-order valence-electron chi connectivity index (χ0n) is 10.6. The number of alkyl halides is 6. The van der Waals surface area contributed by atoms with E-state index in [9.17, 15) is 36.2 Å². The van der Waals surface area contributed by atoms with Gasteiger partial charge in [0.05, 0.1) is 24.2 Å². The molecule has 0 spiro atoms. The average molecular weight is 316 g/mol. The number of ether oxygens (including phenoxy) is 1. The van der Waals surface area contributed by atoms with Gasteiger partial charge in [0, 0.05) is 0 Å². The van der Waals surface area contributed by atoms with Gasteiger partial charge in [0.2, 0.25) is 0 Å². The van der Waals surface area contributed by atoms with E-state index in [4.69, 9.17) is 0 Å². The molecule has 0 heterocycles. The molecule has 0 radical (unpaired) electrons. The Morgan fingerprint density at radius 2 is 1.71 bits per heavy atom. The molecule has 0 aliphatic carbocycles. The molecule has 0 fully saturated rings. The molecule has 1 N–H and O–H groups in total. The number of halogens is 6. The van der Waals surface area contributed by atoms with E-state index >= 15 is 0 Å².